The molecule has 0 N–H and O–H groups in total. The van der Waals surface area contributed by atoms with Crippen LogP contribution in [0.25, 0.3) is 83.1 Å². The van der Waals surface area contributed by atoms with Gasteiger partial charge in [0.05, 0.1) is 22.4 Å². The fourth-order valence-corrected chi connectivity index (χ4v) is 8.99. The van der Waals surface area contributed by atoms with Crippen LogP contribution in [0.2, 0.25) is 0 Å². The Kier molecular flexibility index (Phi) is 9.57. The van der Waals surface area contributed by atoms with Crippen molar-refractivity contribution in [3.8, 4) is 61.3 Å². The predicted molar refractivity (Wildman–Crippen MR) is 263 cm³/mol. The van der Waals surface area contributed by atoms with Gasteiger partial charge in [0.2, 0.25) is 0 Å². The summed E-state index contributed by atoms with van der Waals surface area (Å²) < 4.78 is 2.41. The molecule has 11 aromatic rings. The molecule has 0 fully saturated rings. The van der Waals surface area contributed by atoms with Gasteiger partial charge in [-0.1, -0.05) is 206 Å². The van der Waals surface area contributed by atoms with Gasteiger partial charge >= 0.3 is 0 Å². The fraction of sp³-hybridized carbons (Fsp3) is 0. The number of benzene rings is 10. The maximum absolute atomic E-state index is 2.41. The average Bonchev–Trinajstić information content (AvgIpc) is 3.70. The smallest absolute Gasteiger partial charge is 0.0541 e. The lowest BCUT2D eigenvalue weighted by molar-refractivity contribution is 1.18. The minimum absolute atomic E-state index is 1.09. The molecule has 11 rings (SSSR count). The third-order valence-electron chi connectivity index (χ3n) is 12.1. The Bertz CT molecular complexity index is 3240. The van der Waals surface area contributed by atoms with Crippen LogP contribution in [-0.2, 0) is 0 Å². The average molecular weight is 791 g/mol. The molecule has 2 nitrogen and oxygen atoms in total. The molecule has 10 aromatic carbocycles. The monoisotopic (exact) mass is 790 g/mol. The zero-order valence-corrected chi connectivity index (χ0v) is 34.1. The quantitative estimate of drug-likeness (QED) is 0.141. The first kappa shape index (κ1) is 36.8. The van der Waals surface area contributed by atoms with Crippen molar-refractivity contribution in [2.24, 2.45) is 0 Å². The molecule has 0 bridgehead atoms. The summed E-state index contributed by atoms with van der Waals surface area (Å²) in [5, 5.41) is 2.53. The van der Waals surface area contributed by atoms with E-state index in [-0.39, 0.29) is 0 Å². The lowest BCUT2D eigenvalue weighted by atomic mass is 9.98. The minimum Gasteiger partial charge on any atom is -0.310 e. The number of aromatic nitrogens is 1. The van der Waals surface area contributed by atoms with E-state index < -0.39 is 0 Å². The summed E-state index contributed by atoms with van der Waals surface area (Å²) >= 11 is 0. The van der Waals surface area contributed by atoms with Gasteiger partial charge in [-0.05, 0) is 93.0 Å². The Morgan fingerprint density at radius 2 is 0.581 bits per heavy atom. The molecule has 0 aliphatic heterocycles. The molecule has 0 spiro atoms. The highest BCUT2D eigenvalue weighted by Crippen LogP contribution is 2.42. The van der Waals surface area contributed by atoms with E-state index in [0.717, 1.165) is 17.1 Å². The zero-order valence-electron chi connectivity index (χ0n) is 34.1. The van der Waals surface area contributed by atoms with Crippen LogP contribution in [0.3, 0.4) is 0 Å². The van der Waals surface area contributed by atoms with Crippen molar-refractivity contribution in [2.75, 3.05) is 4.90 Å². The van der Waals surface area contributed by atoms with Crippen LogP contribution in [0.4, 0.5) is 17.1 Å². The summed E-state index contributed by atoms with van der Waals surface area (Å²) in [4.78, 5) is 2.38. The van der Waals surface area contributed by atoms with E-state index in [4.69, 9.17) is 0 Å². The molecule has 292 valence electrons. The van der Waals surface area contributed by atoms with Crippen molar-refractivity contribution in [3.63, 3.8) is 0 Å². The summed E-state index contributed by atoms with van der Waals surface area (Å²) in [5.41, 5.74) is 18.8. The predicted octanol–water partition coefficient (Wildman–Crippen LogP) is 16.6. The molecule has 0 unspecified atom stereocenters. The van der Waals surface area contributed by atoms with Gasteiger partial charge in [0, 0.05) is 33.3 Å². The number of hydrogen-bond acceptors (Lipinski definition) is 1. The van der Waals surface area contributed by atoms with E-state index in [2.05, 4.69) is 264 Å². The van der Waals surface area contributed by atoms with Gasteiger partial charge < -0.3 is 9.47 Å². The molecular weight excluding hydrogens is 749 g/mol. The zero-order chi connectivity index (χ0) is 41.2. The number of rotatable bonds is 9. The van der Waals surface area contributed by atoms with Crippen molar-refractivity contribution in [1.29, 1.82) is 0 Å². The molecule has 62 heavy (non-hydrogen) atoms. The van der Waals surface area contributed by atoms with Gasteiger partial charge in [-0.25, -0.2) is 0 Å². The second-order valence-corrected chi connectivity index (χ2v) is 15.7. The number of nitrogens with zero attached hydrogens (tertiary/aromatic N) is 2. The fourth-order valence-electron chi connectivity index (χ4n) is 8.99. The standard InChI is InChI=1S/C60H42N2/c1-3-15-43(16-4-1)44-27-29-45(30-28-44)47-35-39-51(40-36-47)61(57-23-11-7-19-53(57)49-17-5-2-6-18-49)52-41-37-48(38-42-52)46-31-33-50(34-32-46)54-20-8-12-24-58(54)62-59-25-13-9-21-55(59)56-22-10-14-26-60(56)62/h1-42H. The normalized spacial score (nSPS) is 11.2. The second kappa shape index (κ2) is 16.1. The van der Waals surface area contributed by atoms with Crippen molar-refractivity contribution < 1.29 is 0 Å². The van der Waals surface area contributed by atoms with E-state index in [1.807, 2.05) is 0 Å². The van der Waals surface area contributed by atoms with Crippen LogP contribution < -0.4 is 4.90 Å². The lowest BCUT2D eigenvalue weighted by Gasteiger charge is -2.28. The van der Waals surface area contributed by atoms with E-state index in [0.29, 0.717) is 0 Å². The lowest BCUT2D eigenvalue weighted by Crippen LogP contribution is -2.11. The summed E-state index contributed by atoms with van der Waals surface area (Å²) in [6.07, 6.45) is 0. The van der Waals surface area contributed by atoms with E-state index in [9.17, 15) is 0 Å². The van der Waals surface area contributed by atoms with Crippen LogP contribution >= 0.6 is 0 Å². The van der Waals surface area contributed by atoms with Gasteiger partial charge in [0.25, 0.3) is 0 Å². The summed E-state index contributed by atoms with van der Waals surface area (Å²) in [6.45, 7) is 0. The minimum atomic E-state index is 1.09. The van der Waals surface area contributed by atoms with Crippen LogP contribution in [0.5, 0.6) is 0 Å². The summed E-state index contributed by atoms with van der Waals surface area (Å²) in [7, 11) is 0. The number of anilines is 3. The molecule has 0 aliphatic rings. The molecule has 0 atom stereocenters. The van der Waals surface area contributed by atoms with Gasteiger partial charge in [-0.2, -0.15) is 0 Å². The first-order valence-electron chi connectivity index (χ1n) is 21.3. The Labute approximate surface area is 362 Å². The van der Waals surface area contributed by atoms with Crippen molar-refractivity contribution >= 4 is 38.9 Å². The molecule has 2 heteroatoms. The molecular formula is C60H42N2. The third kappa shape index (κ3) is 6.84. The molecule has 1 heterocycles. The number of fused-ring (bicyclic) bond motifs is 3. The molecule has 0 radical (unpaired) electrons. The Balaban J connectivity index is 0.928. The highest BCUT2D eigenvalue weighted by molar-refractivity contribution is 6.09. The van der Waals surface area contributed by atoms with Crippen LogP contribution in [-0.4, -0.2) is 4.57 Å². The maximum Gasteiger partial charge on any atom is 0.0541 e. The first-order valence-corrected chi connectivity index (χ1v) is 21.3. The molecule has 1 aromatic heterocycles. The maximum atomic E-state index is 2.41. The van der Waals surface area contributed by atoms with Gasteiger partial charge in [-0.3, -0.25) is 0 Å². The van der Waals surface area contributed by atoms with Crippen LogP contribution in [0.1, 0.15) is 0 Å². The number of hydrogen-bond donors (Lipinski definition) is 0. The summed E-state index contributed by atoms with van der Waals surface area (Å²) in [6, 6.07) is 91.9. The van der Waals surface area contributed by atoms with Crippen molar-refractivity contribution in [2.45, 2.75) is 0 Å². The van der Waals surface area contributed by atoms with E-state index in [1.54, 1.807) is 0 Å². The topological polar surface area (TPSA) is 8.17 Å². The summed E-state index contributed by atoms with van der Waals surface area (Å²) in [5.74, 6) is 0. The highest BCUT2D eigenvalue weighted by atomic mass is 15.1. The number of para-hydroxylation sites is 4. The third-order valence-corrected chi connectivity index (χ3v) is 12.1. The van der Waals surface area contributed by atoms with Gasteiger partial charge in [-0.15, -0.1) is 0 Å². The SMILES string of the molecule is c1ccc(-c2ccc(-c3ccc(N(c4ccc(-c5ccc(-c6ccccc6-n6c7ccccc7c7ccccc76)cc5)cc4)c4ccccc4-c4ccccc4)cc3)cc2)cc1. The Morgan fingerprint density at radius 1 is 0.242 bits per heavy atom. The van der Waals surface area contributed by atoms with E-state index >= 15 is 0 Å². The van der Waals surface area contributed by atoms with Crippen molar-refractivity contribution in [1.82, 2.24) is 4.57 Å². The molecule has 0 aliphatic carbocycles. The second-order valence-electron chi connectivity index (χ2n) is 15.7. The van der Waals surface area contributed by atoms with Crippen molar-refractivity contribution in [3.05, 3.63) is 255 Å². The molecule has 0 saturated carbocycles. The van der Waals surface area contributed by atoms with E-state index in [1.165, 1.54) is 83.1 Å². The largest absolute Gasteiger partial charge is 0.310 e. The molecule has 0 saturated heterocycles. The molecule has 0 amide bonds. The first-order chi connectivity index (χ1) is 30.8. The Hall–Kier alpha value is -8.20. The van der Waals surface area contributed by atoms with Gasteiger partial charge in [0.1, 0.15) is 0 Å². The van der Waals surface area contributed by atoms with Crippen LogP contribution in [0.15, 0.2) is 255 Å². The highest BCUT2D eigenvalue weighted by Gasteiger charge is 2.18. The van der Waals surface area contributed by atoms with Crippen LogP contribution in [0, 0.1) is 0 Å². The Morgan fingerprint density at radius 3 is 1.10 bits per heavy atom. The van der Waals surface area contributed by atoms with Gasteiger partial charge in [0.15, 0.2) is 0 Å².